The molecule has 0 aliphatic heterocycles. The Morgan fingerprint density at radius 1 is 1.00 bits per heavy atom. The average molecular weight is 295 g/mol. The molecule has 0 aliphatic rings. The summed E-state index contributed by atoms with van der Waals surface area (Å²) in [6.45, 7) is 7.78. The van der Waals surface area contributed by atoms with E-state index < -0.39 is 0 Å². The van der Waals surface area contributed by atoms with Crippen LogP contribution in [0.5, 0.6) is 5.88 Å². The number of rotatable bonds is 2. The largest absolute Gasteiger partial charge is 0.493 e. The Morgan fingerprint density at radius 3 is 2.36 bits per heavy atom. The van der Waals surface area contributed by atoms with Crippen LogP contribution in [0.2, 0.25) is 0 Å². The lowest BCUT2D eigenvalue weighted by molar-refractivity contribution is 0.459. The van der Waals surface area contributed by atoms with Crippen LogP contribution in [0.1, 0.15) is 22.5 Å². The molecule has 0 aliphatic carbocycles. The SMILES string of the molecule is Cc1cc(C)nc(N=Nc2c(O)[nH]c3c(C)c(C)ccc23)n1. The van der Waals surface area contributed by atoms with Gasteiger partial charge in [-0.05, 0) is 44.9 Å². The molecule has 0 saturated heterocycles. The van der Waals surface area contributed by atoms with Gasteiger partial charge < -0.3 is 10.1 Å². The van der Waals surface area contributed by atoms with Gasteiger partial charge in [0.2, 0.25) is 5.88 Å². The van der Waals surface area contributed by atoms with Crippen LogP contribution in [-0.4, -0.2) is 20.1 Å². The molecule has 0 radical (unpaired) electrons. The van der Waals surface area contributed by atoms with E-state index in [-0.39, 0.29) is 11.8 Å². The van der Waals surface area contributed by atoms with Crippen LogP contribution in [0.15, 0.2) is 28.4 Å². The zero-order valence-electron chi connectivity index (χ0n) is 13.0. The summed E-state index contributed by atoms with van der Waals surface area (Å²) in [6.07, 6.45) is 0. The second-order valence-electron chi connectivity index (χ2n) is 5.40. The summed E-state index contributed by atoms with van der Waals surface area (Å²) in [6, 6.07) is 5.79. The van der Waals surface area contributed by atoms with Crippen molar-refractivity contribution in [2.75, 3.05) is 0 Å². The normalized spacial score (nSPS) is 11.6. The number of hydrogen-bond donors (Lipinski definition) is 2. The maximum absolute atomic E-state index is 10.1. The summed E-state index contributed by atoms with van der Waals surface area (Å²) in [7, 11) is 0. The number of aromatic nitrogens is 3. The number of aromatic hydroxyl groups is 1. The van der Waals surface area contributed by atoms with Gasteiger partial charge in [-0.25, -0.2) is 9.97 Å². The highest BCUT2D eigenvalue weighted by Gasteiger charge is 2.13. The average Bonchev–Trinajstić information content (AvgIpc) is 2.76. The number of nitrogens with zero attached hydrogens (tertiary/aromatic N) is 4. The fourth-order valence-electron chi connectivity index (χ4n) is 2.43. The number of benzene rings is 1. The van der Waals surface area contributed by atoms with Crippen LogP contribution in [0.4, 0.5) is 11.6 Å². The molecule has 1 aromatic carbocycles. The maximum Gasteiger partial charge on any atom is 0.269 e. The Bertz CT molecular complexity index is 875. The van der Waals surface area contributed by atoms with Crippen molar-refractivity contribution in [1.29, 1.82) is 0 Å². The predicted molar refractivity (Wildman–Crippen MR) is 85.1 cm³/mol. The second-order valence-corrected chi connectivity index (χ2v) is 5.40. The Labute approximate surface area is 128 Å². The monoisotopic (exact) mass is 295 g/mol. The third-order valence-corrected chi connectivity index (χ3v) is 3.67. The molecule has 6 heteroatoms. The van der Waals surface area contributed by atoms with Gasteiger partial charge in [0.15, 0.2) is 5.69 Å². The summed E-state index contributed by atoms with van der Waals surface area (Å²) in [4.78, 5) is 11.4. The van der Waals surface area contributed by atoms with Gasteiger partial charge in [-0.2, -0.15) is 0 Å². The number of hydrogen-bond acceptors (Lipinski definition) is 5. The quantitative estimate of drug-likeness (QED) is 0.690. The van der Waals surface area contributed by atoms with Gasteiger partial charge in [0.05, 0.1) is 5.52 Å². The minimum Gasteiger partial charge on any atom is -0.493 e. The Morgan fingerprint density at radius 2 is 1.68 bits per heavy atom. The molecule has 112 valence electrons. The number of nitrogens with one attached hydrogen (secondary N) is 1. The van der Waals surface area contributed by atoms with Crippen molar-refractivity contribution in [2.45, 2.75) is 27.7 Å². The number of fused-ring (bicyclic) bond motifs is 1. The van der Waals surface area contributed by atoms with Crippen LogP contribution in [0.3, 0.4) is 0 Å². The highest BCUT2D eigenvalue weighted by molar-refractivity contribution is 5.96. The van der Waals surface area contributed by atoms with E-state index in [0.29, 0.717) is 5.69 Å². The van der Waals surface area contributed by atoms with Gasteiger partial charge in [-0.1, -0.05) is 12.1 Å². The van der Waals surface area contributed by atoms with E-state index in [1.54, 1.807) is 0 Å². The molecule has 3 rings (SSSR count). The highest BCUT2D eigenvalue weighted by Crippen LogP contribution is 2.37. The summed E-state index contributed by atoms with van der Waals surface area (Å²) >= 11 is 0. The van der Waals surface area contributed by atoms with Crippen molar-refractivity contribution in [3.8, 4) is 5.88 Å². The molecule has 2 N–H and O–H groups in total. The molecule has 2 aromatic heterocycles. The van der Waals surface area contributed by atoms with Crippen LogP contribution in [0, 0.1) is 27.7 Å². The van der Waals surface area contributed by atoms with E-state index in [1.165, 1.54) is 0 Å². The first kappa shape index (κ1) is 14.2. The number of aromatic amines is 1. The van der Waals surface area contributed by atoms with Crippen molar-refractivity contribution in [2.24, 2.45) is 10.2 Å². The van der Waals surface area contributed by atoms with E-state index in [2.05, 4.69) is 25.2 Å². The van der Waals surface area contributed by atoms with E-state index in [4.69, 9.17) is 0 Å². The Balaban J connectivity index is 2.09. The van der Waals surface area contributed by atoms with Crippen LogP contribution >= 0.6 is 0 Å². The van der Waals surface area contributed by atoms with Crippen LogP contribution in [-0.2, 0) is 0 Å². The van der Waals surface area contributed by atoms with E-state index in [1.807, 2.05) is 45.9 Å². The first-order chi connectivity index (χ1) is 10.5. The van der Waals surface area contributed by atoms with E-state index in [0.717, 1.165) is 33.4 Å². The van der Waals surface area contributed by atoms with Crippen molar-refractivity contribution < 1.29 is 5.11 Å². The molecule has 0 amide bonds. The molecule has 22 heavy (non-hydrogen) atoms. The Hall–Kier alpha value is -2.76. The van der Waals surface area contributed by atoms with Gasteiger partial charge in [0, 0.05) is 16.8 Å². The molecular formula is C16H17N5O. The van der Waals surface area contributed by atoms with Crippen LogP contribution in [0.25, 0.3) is 10.9 Å². The zero-order chi connectivity index (χ0) is 15.9. The maximum atomic E-state index is 10.1. The van der Waals surface area contributed by atoms with Gasteiger partial charge in [0.1, 0.15) is 0 Å². The van der Waals surface area contributed by atoms with E-state index in [9.17, 15) is 5.11 Å². The molecule has 0 atom stereocenters. The summed E-state index contributed by atoms with van der Waals surface area (Å²) < 4.78 is 0. The molecule has 0 unspecified atom stereocenters. The van der Waals surface area contributed by atoms with Crippen molar-refractivity contribution >= 4 is 22.5 Å². The van der Waals surface area contributed by atoms with Crippen LogP contribution < -0.4 is 0 Å². The summed E-state index contributed by atoms with van der Waals surface area (Å²) in [5.41, 5.74) is 5.16. The standard InChI is InChI=1S/C16H17N5O/c1-8-5-6-12-13(11(8)4)19-15(22)14(12)20-21-16-17-9(2)7-10(3)18-16/h5-7,19,22H,1-4H3. The van der Waals surface area contributed by atoms with Gasteiger partial charge in [-0.3, -0.25) is 0 Å². The summed E-state index contributed by atoms with van der Waals surface area (Å²) in [5.74, 6) is 0.284. The number of aryl methyl sites for hydroxylation is 4. The molecule has 6 nitrogen and oxygen atoms in total. The predicted octanol–water partition coefficient (Wildman–Crippen LogP) is 4.31. The van der Waals surface area contributed by atoms with Crippen molar-refractivity contribution in [3.05, 3.63) is 40.7 Å². The van der Waals surface area contributed by atoms with Gasteiger partial charge in [0.25, 0.3) is 5.95 Å². The second kappa shape index (κ2) is 5.22. The molecule has 0 bridgehead atoms. The molecule has 3 aromatic rings. The van der Waals surface area contributed by atoms with Crippen molar-refractivity contribution in [1.82, 2.24) is 15.0 Å². The zero-order valence-corrected chi connectivity index (χ0v) is 13.0. The minimum absolute atomic E-state index is 0.00294. The number of H-pyrrole nitrogens is 1. The highest BCUT2D eigenvalue weighted by atomic mass is 16.3. The first-order valence-corrected chi connectivity index (χ1v) is 7.00. The molecular weight excluding hydrogens is 278 g/mol. The van der Waals surface area contributed by atoms with Crippen molar-refractivity contribution in [3.63, 3.8) is 0 Å². The van der Waals surface area contributed by atoms with E-state index >= 15 is 0 Å². The lowest BCUT2D eigenvalue weighted by Gasteiger charge is -2.00. The van der Waals surface area contributed by atoms with Gasteiger partial charge in [-0.15, -0.1) is 10.2 Å². The fraction of sp³-hybridized carbons (Fsp3) is 0.250. The lowest BCUT2D eigenvalue weighted by atomic mass is 10.1. The van der Waals surface area contributed by atoms with Gasteiger partial charge >= 0.3 is 0 Å². The minimum atomic E-state index is -0.00294. The molecule has 2 heterocycles. The lowest BCUT2D eigenvalue weighted by Crippen LogP contribution is -1.87. The smallest absolute Gasteiger partial charge is 0.269 e. The fourth-order valence-corrected chi connectivity index (χ4v) is 2.43. The third-order valence-electron chi connectivity index (χ3n) is 3.67. The topological polar surface area (TPSA) is 86.5 Å². The third kappa shape index (κ3) is 2.43. The first-order valence-electron chi connectivity index (χ1n) is 7.00. The number of azo groups is 1. The molecule has 0 fully saturated rings. The molecule has 0 spiro atoms. The Kier molecular flexibility index (Phi) is 3.36. The molecule has 0 saturated carbocycles. The summed E-state index contributed by atoms with van der Waals surface area (Å²) in [5, 5.41) is 19.1.